The largest absolute Gasteiger partial charge is 0.492 e. The number of thiazole rings is 1. The molecule has 0 saturated heterocycles. The molecule has 31 heavy (non-hydrogen) atoms. The van der Waals surface area contributed by atoms with E-state index >= 15 is 0 Å². The minimum absolute atomic E-state index is 0.405. The molecule has 4 aromatic rings. The number of aliphatic hydroxyl groups excluding tert-OH is 1. The Morgan fingerprint density at radius 3 is 2.81 bits per heavy atom. The van der Waals surface area contributed by atoms with E-state index in [0.717, 1.165) is 33.1 Å². The van der Waals surface area contributed by atoms with Gasteiger partial charge in [-0.15, -0.1) is 11.3 Å². The molecule has 0 aliphatic heterocycles. The minimum atomic E-state index is -0.647. The summed E-state index contributed by atoms with van der Waals surface area (Å²) in [5.74, 6) is 0.776. The molecule has 4 rings (SSSR count). The third-order valence-corrected chi connectivity index (χ3v) is 5.68. The first-order chi connectivity index (χ1) is 15.2. The number of pyridine rings is 2. The highest BCUT2D eigenvalue weighted by atomic mass is 35.5. The van der Waals surface area contributed by atoms with Gasteiger partial charge in [-0.05, 0) is 30.3 Å². The number of benzene rings is 1. The molecule has 1 atom stereocenters. The van der Waals surface area contributed by atoms with E-state index in [1.807, 2.05) is 48.0 Å². The lowest BCUT2D eigenvalue weighted by atomic mass is 10.1. The Labute approximate surface area is 189 Å². The first-order valence-corrected chi connectivity index (χ1v) is 11.0. The van der Waals surface area contributed by atoms with Gasteiger partial charge in [0.1, 0.15) is 22.5 Å². The zero-order chi connectivity index (χ0) is 21.5. The van der Waals surface area contributed by atoms with Crippen LogP contribution in [0.3, 0.4) is 0 Å². The maximum absolute atomic E-state index is 10.2. The summed E-state index contributed by atoms with van der Waals surface area (Å²) >= 11 is 7.36. The number of nitrogens with zero attached hydrogens (tertiary/aromatic N) is 3. The van der Waals surface area contributed by atoms with E-state index in [4.69, 9.17) is 21.3 Å². The van der Waals surface area contributed by atoms with Crippen LogP contribution in [-0.2, 0) is 0 Å². The molecule has 0 aliphatic carbocycles. The monoisotopic (exact) mass is 452 g/mol. The minimum Gasteiger partial charge on any atom is -0.492 e. The highest BCUT2D eigenvalue weighted by Crippen LogP contribution is 2.30. The fraction of sp³-hybridized carbons (Fsp3) is 0.174. The molecule has 0 amide bonds. The van der Waals surface area contributed by atoms with Gasteiger partial charge in [0.25, 0.3) is 0 Å². The molecule has 2 N–H and O–H groups in total. The van der Waals surface area contributed by atoms with Gasteiger partial charge >= 0.3 is 0 Å². The van der Waals surface area contributed by atoms with Crippen LogP contribution >= 0.6 is 22.9 Å². The van der Waals surface area contributed by atoms with Crippen molar-refractivity contribution in [2.24, 2.45) is 0 Å². The number of aromatic nitrogens is 3. The number of hydrogen-bond donors (Lipinski definition) is 2. The van der Waals surface area contributed by atoms with Gasteiger partial charge in [0, 0.05) is 53.8 Å². The highest BCUT2D eigenvalue weighted by Gasteiger charge is 2.09. The van der Waals surface area contributed by atoms with Gasteiger partial charge in [-0.1, -0.05) is 29.8 Å². The second-order valence-electron chi connectivity index (χ2n) is 6.79. The molecule has 158 valence electrons. The molecule has 0 saturated carbocycles. The molecule has 3 heterocycles. The van der Waals surface area contributed by atoms with E-state index in [1.165, 1.54) is 0 Å². The van der Waals surface area contributed by atoms with E-state index in [1.54, 1.807) is 35.9 Å². The van der Waals surface area contributed by atoms with Gasteiger partial charge in [-0.2, -0.15) is 0 Å². The van der Waals surface area contributed by atoms with Crippen LogP contribution in [0.5, 0.6) is 5.75 Å². The summed E-state index contributed by atoms with van der Waals surface area (Å²) in [7, 11) is 0. The van der Waals surface area contributed by atoms with Crippen LogP contribution in [0.2, 0.25) is 5.15 Å². The smallest absolute Gasteiger partial charge is 0.129 e. The lowest BCUT2D eigenvalue weighted by Crippen LogP contribution is -2.26. The molecule has 0 bridgehead atoms. The van der Waals surface area contributed by atoms with Crippen molar-refractivity contribution in [1.82, 2.24) is 20.3 Å². The van der Waals surface area contributed by atoms with E-state index in [-0.39, 0.29) is 0 Å². The summed E-state index contributed by atoms with van der Waals surface area (Å²) in [6.07, 6.45) is 4.50. The van der Waals surface area contributed by atoms with Gasteiger partial charge in [0.05, 0.1) is 11.8 Å². The summed E-state index contributed by atoms with van der Waals surface area (Å²) in [6.45, 7) is 1.49. The summed E-state index contributed by atoms with van der Waals surface area (Å²) in [4.78, 5) is 12.9. The predicted octanol–water partition coefficient (Wildman–Crippen LogP) is 4.62. The van der Waals surface area contributed by atoms with Crippen molar-refractivity contribution in [1.29, 1.82) is 0 Å². The highest BCUT2D eigenvalue weighted by molar-refractivity contribution is 7.13. The molecule has 0 fully saturated rings. The predicted molar refractivity (Wildman–Crippen MR) is 123 cm³/mol. The van der Waals surface area contributed by atoms with Crippen LogP contribution in [0.1, 0.15) is 11.7 Å². The average molecular weight is 453 g/mol. The third-order valence-electron chi connectivity index (χ3n) is 4.56. The normalized spacial score (nSPS) is 11.9. The lowest BCUT2D eigenvalue weighted by Gasteiger charge is -2.12. The Hall–Kier alpha value is -2.84. The van der Waals surface area contributed by atoms with Gasteiger partial charge in [0.15, 0.2) is 0 Å². The molecule has 3 aromatic heterocycles. The van der Waals surface area contributed by atoms with Crippen molar-refractivity contribution < 1.29 is 9.84 Å². The fourth-order valence-electron chi connectivity index (χ4n) is 2.96. The summed E-state index contributed by atoms with van der Waals surface area (Å²) in [5, 5.41) is 16.7. The zero-order valence-electron chi connectivity index (χ0n) is 16.6. The molecular formula is C23H21ClN4O2S. The van der Waals surface area contributed by atoms with Crippen molar-refractivity contribution in [2.75, 3.05) is 19.7 Å². The van der Waals surface area contributed by atoms with E-state index in [0.29, 0.717) is 24.8 Å². The van der Waals surface area contributed by atoms with E-state index in [9.17, 15) is 5.11 Å². The van der Waals surface area contributed by atoms with Gasteiger partial charge in [0.2, 0.25) is 0 Å². The van der Waals surface area contributed by atoms with E-state index in [2.05, 4.69) is 15.3 Å². The standard InChI is InChI=1S/C23H21ClN4O2S/c24-22-7-6-17(13-27-22)21(29)14-26-9-10-30-19-5-1-3-16(11-19)20-15-31-23(28-20)18-4-2-8-25-12-18/h1-8,11-13,15,21,26,29H,9-10,14H2/t21-/m0/s1. The third kappa shape index (κ3) is 5.86. The van der Waals surface area contributed by atoms with Gasteiger partial charge in [-0.3, -0.25) is 4.98 Å². The van der Waals surface area contributed by atoms with Crippen molar-refractivity contribution in [3.05, 3.63) is 83.2 Å². The van der Waals surface area contributed by atoms with Gasteiger partial charge in [-0.25, -0.2) is 9.97 Å². The Kier molecular flexibility index (Phi) is 7.22. The number of nitrogens with one attached hydrogen (secondary N) is 1. The maximum atomic E-state index is 10.2. The zero-order valence-corrected chi connectivity index (χ0v) is 18.2. The molecular weight excluding hydrogens is 432 g/mol. The van der Waals surface area contributed by atoms with Crippen LogP contribution in [0.4, 0.5) is 0 Å². The van der Waals surface area contributed by atoms with Crippen LogP contribution in [0.15, 0.2) is 72.5 Å². The number of rotatable bonds is 9. The van der Waals surface area contributed by atoms with Crippen molar-refractivity contribution in [2.45, 2.75) is 6.10 Å². The number of hydrogen-bond acceptors (Lipinski definition) is 7. The summed E-state index contributed by atoms with van der Waals surface area (Å²) in [6, 6.07) is 15.2. The van der Waals surface area contributed by atoms with Crippen LogP contribution in [0.25, 0.3) is 21.8 Å². The molecule has 0 spiro atoms. The second kappa shape index (κ2) is 10.5. The quantitative estimate of drug-likeness (QED) is 0.285. The number of halogens is 1. The van der Waals surface area contributed by atoms with Gasteiger partial charge < -0.3 is 15.2 Å². The van der Waals surface area contributed by atoms with E-state index < -0.39 is 6.10 Å². The SMILES string of the molecule is O[C@@H](CNCCOc1cccc(-c2csc(-c3cccnc3)n2)c1)c1ccc(Cl)nc1. The molecule has 8 heteroatoms. The lowest BCUT2D eigenvalue weighted by molar-refractivity contribution is 0.171. The summed E-state index contributed by atoms with van der Waals surface area (Å²) in [5.41, 5.74) is 3.64. The average Bonchev–Trinajstić information content (AvgIpc) is 3.30. The first kappa shape index (κ1) is 21.4. The second-order valence-corrected chi connectivity index (χ2v) is 8.04. The Morgan fingerprint density at radius 1 is 1.10 bits per heavy atom. The molecule has 6 nitrogen and oxygen atoms in total. The number of ether oxygens (including phenoxy) is 1. The topological polar surface area (TPSA) is 80.2 Å². The van der Waals surface area contributed by atoms with Crippen LogP contribution in [0, 0.1) is 0 Å². The Morgan fingerprint density at radius 2 is 2.00 bits per heavy atom. The Balaban J connectivity index is 1.27. The van der Waals surface area contributed by atoms with Crippen LogP contribution < -0.4 is 10.1 Å². The molecule has 0 aliphatic rings. The molecule has 0 radical (unpaired) electrons. The molecule has 1 aromatic carbocycles. The number of aliphatic hydroxyl groups is 1. The summed E-state index contributed by atoms with van der Waals surface area (Å²) < 4.78 is 5.85. The Bertz CT molecular complexity index is 1110. The maximum Gasteiger partial charge on any atom is 0.129 e. The van der Waals surface area contributed by atoms with Crippen molar-refractivity contribution in [3.8, 4) is 27.6 Å². The van der Waals surface area contributed by atoms with Crippen LogP contribution in [-0.4, -0.2) is 39.8 Å². The van der Waals surface area contributed by atoms with Crippen molar-refractivity contribution in [3.63, 3.8) is 0 Å². The molecule has 0 unspecified atom stereocenters. The first-order valence-electron chi connectivity index (χ1n) is 9.78. The fourth-order valence-corrected chi connectivity index (χ4v) is 3.89. The van der Waals surface area contributed by atoms with Crippen molar-refractivity contribution >= 4 is 22.9 Å².